The Morgan fingerprint density at radius 1 is 0.667 bits per heavy atom. The average molecular weight is 369 g/mol. The summed E-state index contributed by atoms with van der Waals surface area (Å²) in [4.78, 5) is 0. The fourth-order valence-electron chi connectivity index (χ4n) is 2.83. The van der Waals surface area contributed by atoms with Gasteiger partial charge in [0.2, 0.25) is 0 Å². The van der Waals surface area contributed by atoms with Gasteiger partial charge in [0.1, 0.15) is 0 Å². The molecule has 0 aliphatic rings. The van der Waals surface area contributed by atoms with Gasteiger partial charge in [-0.05, 0) is 39.1 Å². The van der Waals surface area contributed by atoms with Crippen molar-refractivity contribution in [3.8, 4) is 0 Å². The highest BCUT2D eigenvalue weighted by Gasteiger charge is 2.23. The van der Waals surface area contributed by atoms with Crippen LogP contribution in [0.2, 0.25) is 0 Å². The minimum atomic E-state index is 0.270. The van der Waals surface area contributed by atoms with E-state index in [1.807, 2.05) is 13.8 Å². The first-order valence-corrected chi connectivity index (χ1v) is 9.81. The maximum Gasteiger partial charge on any atom is 0.0517 e. The number of ether oxygens (including phenoxy) is 2. The Bertz CT molecular complexity index is 676. The normalized spacial score (nSPS) is 11.0. The molecule has 27 heavy (non-hydrogen) atoms. The first-order chi connectivity index (χ1) is 13.0. The van der Waals surface area contributed by atoms with Crippen LogP contribution in [-0.4, -0.2) is 27.4 Å². The molecule has 0 heterocycles. The molecule has 0 bridgehead atoms. The molecule has 0 atom stereocenters. The van der Waals surface area contributed by atoms with Crippen molar-refractivity contribution in [2.75, 3.05) is 27.4 Å². The summed E-state index contributed by atoms with van der Waals surface area (Å²) in [5.41, 5.74) is 0.270. The van der Waals surface area contributed by atoms with Crippen LogP contribution in [-0.2, 0) is 9.47 Å². The average Bonchev–Trinajstić information content (AvgIpc) is 2.67. The van der Waals surface area contributed by atoms with Crippen LogP contribution in [0, 0.1) is 11.3 Å². The largest absolute Gasteiger partial charge is 0.384 e. The van der Waals surface area contributed by atoms with Gasteiger partial charge in [-0.1, -0.05) is 83.1 Å². The molecule has 148 valence electrons. The summed E-state index contributed by atoms with van der Waals surface area (Å²) in [6.45, 7) is 12.2. The van der Waals surface area contributed by atoms with E-state index in [2.05, 4.69) is 81.4 Å². The van der Waals surface area contributed by atoms with E-state index in [0.29, 0.717) is 5.92 Å². The summed E-state index contributed by atoms with van der Waals surface area (Å²) >= 11 is 0. The lowest BCUT2D eigenvalue weighted by Gasteiger charge is -2.29. The van der Waals surface area contributed by atoms with Gasteiger partial charge in [0.25, 0.3) is 0 Å². The van der Waals surface area contributed by atoms with Crippen molar-refractivity contribution in [1.29, 1.82) is 0 Å². The summed E-state index contributed by atoms with van der Waals surface area (Å²) in [5, 5.41) is 5.25. The van der Waals surface area contributed by atoms with Crippen LogP contribution in [0.1, 0.15) is 34.6 Å². The van der Waals surface area contributed by atoms with Gasteiger partial charge in [-0.3, -0.25) is 0 Å². The summed E-state index contributed by atoms with van der Waals surface area (Å²) in [7, 11) is 3.46. The molecule has 3 aromatic rings. The molecule has 0 radical (unpaired) electrons. The van der Waals surface area contributed by atoms with E-state index in [-0.39, 0.29) is 5.41 Å². The van der Waals surface area contributed by atoms with Crippen LogP contribution >= 0.6 is 0 Å². The zero-order valence-electron chi connectivity index (χ0n) is 18.1. The number of benzene rings is 3. The van der Waals surface area contributed by atoms with E-state index in [4.69, 9.17) is 9.47 Å². The number of hydrogen-bond donors (Lipinski definition) is 0. The first kappa shape index (κ1) is 23.1. The van der Waals surface area contributed by atoms with Gasteiger partial charge < -0.3 is 9.47 Å². The zero-order valence-corrected chi connectivity index (χ0v) is 18.1. The molecule has 0 N–H and O–H groups in total. The molecular formula is C25H36O2. The van der Waals surface area contributed by atoms with Crippen LogP contribution in [0.5, 0.6) is 0 Å². The van der Waals surface area contributed by atoms with E-state index in [9.17, 15) is 0 Å². The minimum Gasteiger partial charge on any atom is -0.384 e. The van der Waals surface area contributed by atoms with Crippen molar-refractivity contribution in [2.24, 2.45) is 11.3 Å². The topological polar surface area (TPSA) is 18.5 Å². The van der Waals surface area contributed by atoms with Crippen molar-refractivity contribution in [3.63, 3.8) is 0 Å². The molecule has 0 aliphatic carbocycles. The maximum absolute atomic E-state index is 5.10. The van der Waals surface area contributed by atoms with Gasteiger partial charge in [-0.2, -0.15) is 0 Å². The second-order valence-electron chi connectivity index (χ2n) is 7.52. The van der Waals surface area contributed by atoms with E-state index in [0.717, 1.165) is 13.2 Å². The van der Waals surface area contributed by atoms with Gasteiger partial charge in [-0.15, -0.1) is 0 Å². The predicted molar refractivity (Wildman–Crippen MR) is 119 cm³/mol. The second kappa shape index (κ2) is 11.7. The van der Waals surface area contributed by atoms with Gasteiger partial charge >= 0.3 is 0 Å². The van der Waals surface area contributed by atoms with E-state index in [1.54, 1.807) is 14.2 Å². The third kappa shape index (κ3) is 7.32. The minimum absolute atomic E-state index is 0.270. The Labute approximate surface area is 165 Å². The molecule has 0 saturated heterocycles. The lowest BCUT2D eigenvalue weighted by molar-refractivity contribution is 0.0289. The third-order valence-corrected chi connectivity index (χ3v) is 4.57. The van der Waals surface area contributed by atoms with Crippen LogP contribution in [0.15, 0.2) is 60.7 Å². The Balaban J connectivity index is 0.000000256. The lowest BCUT2D eigenvalue weighted by atomic mass is 9.82. The van der Waals surface area contributed by atoms with Crippen molar-refractivity contribution < 1.29 is 9.47 Å². The molecule has 2 heteroatoms. The number of fused-ring (bicyclic) bond motifs is 2. The standard InChI is InChI=1S/C14H10.C9H20O2.C2H6/c1-2-6-12-10-14-8-4-3-7-13(14)9-11(12)5-1;1-9(2,3)8(6-10-4)7-11-5;1-2/h1-10H;8H,6-7H2,1-5H3;1-2H3. The summed E-state index contributed by atoms with van der Waals surface area (Å²) in [6, 6.07) is 21.4. The molecule has 0 amide bonds. The molecule has 0 spiro atoms. The molecule has 0 aromatic heterocycles. The molecule has 2 nitrogen and oxygen atoms in total. The Kier molecular flexibility index (Phi) is 10.1. The van der Waals surface area contributed by atoms with Gasteiger partial charge in [0, 0.05) is 20.1 Å². The van der Waals surface area contributed by atoms with Gasteiger partial charge in [0.15, 0.2) is 0 Å². The van der Waals surface area contributed by atoms with E-state index in [1.165, 1.54) is 21.5 Å². The molecule has 0 fully saturated rings. The quantitative estimate of drug-likeness (QED) is 0.463. The summed E-state index contributed by atoms with van der Waals surface area (Å²) < 4.78 is 10.2. The first-order valence-electron chi connectivity index (χ1n) is 9.81. The van der Waals surface area contributed by atoms with Crippen molar-refractivity contribution in [2.45, 2.75) is 34.6 Å². The van der Waals surface area contributed by atoms with Crippen molar-refractivity contribution in [1.82, 2.24) is 0 Å². The Morgan fingerprint density at radius 3 is 1.19 bits per heavy atom. The van der Waals surface area contributed by atoms with Crippen molar-refractivity contribution >= 4 is 21.5 Å². The zero-order chi connectivity index (χ0) is 20.3. The van der Waals surface area contributed by atoms with Crippen LogP contribution in [0.3, 0.4) is 0 Å². The molecular weight excluding hydrogens is 332 g/mol. The lowest BCUT2D eigenvalue weighted by Crippen LogP contribution is -2.28. The highest BCUT2D eigenvalue weighted by atomic mass is 16.5. The smallest absolute Gasteiger partial charge is 0.0517 e. The molecule has 0 unspecified atom stereocenters. The fourth-order valence-corrected chi connectivity index (χ4v) is 2.83. The molecule has 3 aromatic carbocycles. The second-order valence-corrected chi connectivity index (χ2v) is 7.52. The summed E-state index contributed by atoms with van der Waals surface area (Å²) in [5.74, 6) is 0.484. The molecule has 0 aliphatic heterocycles. The number of hydrogen-bond acceptors (Lipinski definition) is 2. The predicted octanol–water partition coefficient (Wildman–Crippen LogP) is 6.96. The van der Waals surface area contributed by atoms with Gasteiger partial charge in [-0.25, -0.2) is 0 Å². The van der Waals surface area contributed by atoms with Crippen molar-refractivity contribution in [3.05, 3.63) is 60.7 Å². The monoisotopic (exact) mass is 368 g/mol. The highest BCUT2D eigenvalue weighted by molar-refractivity contribution is 5.98. The van der Waals surface area contributed by atoms with Crippen LogP contribution < -0.4 is 0 Å². The maximum atomic E-state index is 5.10. The Hall–Kier alpha value is -1.90. The SMILES string of the molecule is CC.COCC(COC)C(C)(C)C.c1ccc2cc3ccccc3cc2c1. The van der Waals surface area contributed by atoms with Gasteiger partial charge in [0.05, 0.1) is 13.2 Å². The highest BCUT2D eigenvalue weighted by Crippen LogP contribution is 2.26. The Morgan fingerprint density at radius 2 is 0.963 bits per heavy atom. The molecule has 3 rings (SSSR count). The molecule has 0 saturated carbocycles. The van der Waals surface area contributed by atoms with Crippen LogP contribution in [0.4, 0.5) is 0 Å². The van der Waals surface area contributed by atoms with Crippen LogP contribution in [0.25, 0.3) is 21.5 Å². The van der Waals surface area contributed by atoms with E-state index < -0.39 is 0 Å². The third-order valence-electron chi connectivity index (χ3n) is 4.57. The summed E-state index contributed by atoms with van der Waals surface area (Å²) in [6.07, 6.45) is 0. The van der Waals surface area contributed by atoms with E-state index >= 15 is 0 Å². The number of rotatable bonds is 4. The fraction of sp³-hybridized carbons (Fsp3) is 0.440. The number of methoxy groups -OCH3 is 2.